The van der Waals surface area contributed by atoms with Crippen LogP contribution in [0.4, 0.5) is 0 Å². The molecule has 0 aromatic carbocycles. The normalized spacial score (nSPS) is 19.4. The first-order valence-corrected chi connectivity index (χ1v) is 5.67. The van der Waals surface area contributed by atoms with Crippen molar-refractivity contribution in [2.75, 3.05) is 40.6 Å². The minimum absolute atomic E-state index is 0.192. The van der Waals surface area contributed by atoms with E-state index in [1.165, 1.54) is 7.11 Å². The van der Waals surface area contributed by atoms with Gasteiger partial charge < -0.3 is 19.5 Å². The number of carbonyl (C=O) groups is 1. The van der Waals surface area contributed by atoms with Crippen molar-refractivity contribution in [2.24, 2.45) is 5.92 Å². The molecule has 0 spiro atoms. The maximum absolute atomic E-state index is 11.6. The van der Waals surface area contributed by atoms with Gasteiger partial charge in [0.1, 0.15) is 6.04 Å². The number of hydrogen-bond donors (Lipinski definition) is 1. The van der Waals surface area contributed by atoms with Crippen LogP contribution in [0.15, 0.2) is 0 Å². The number of rotatable bonds is 6. The maximum Gasteiger partial charge on any atom is 0.323 e. The molecule has 0 aliphatic carbocycles. The SMILES string of the molecule is COCCNC(C(=O)OC)C1CCOCC1. The molecule has 0 saturated carbocycles. The van der Waals surface area contributed by atoms with Crippen LogP contribution in [0.5, 0.6) is 0 Å². The van der Waals surface area contributed by atoms with E-state index in [0.717, 1.165) is 26.1 Å². The second-order valence-electron chi connectivity index (χ2n) is 3.90. The van der Waals surface area contributed by atoms with E-state index in [0.29, 0.717) is 19.1 Å². The third kappa shape index (κ3) is 4.08. The molecule has 1 aliphatic heterocycles. The van der Waals surface area contributed by atoms with Crippen LogP contribution in [0, 0.1) is 5.92 Å². The Morgan fingerprint density at radius 3 is 2.69 bits per heavy atom. The van der Waals surface area contributed by atoms with E-state index in [-0.39, 0.29) is 12.0 Å². The van der Waals surface area contributed by atoms with E-state index < -0.39 is 0 Å². The van der Waals surface area contributed by atoms with Crippen LogP contribution in [0.1, 0.15) is 12.8 Å². The summed E-state index contributed by atoms with van der Waals surface area (Å²) in [6, 6.07) is -0.232. The monoisotopic (exact) mass is 231 g/mol. The summed E-state index contributed by atoms with van der Waals surface area (Å²) >= 11 is 0. The van der Waals surface area contributed by atoms with Gasteiger partial charge in [-0.25, -0.2) is 0 Å². The smallest absolute Gasteiger partial charge is 0.323 e. The molecule has 1 unspecified atom stereocenters. The van der Waals surface area contributed by atoms with Crippen molar-refractivity contribution in [1.29, 1.82) is 0 Å². The molecule has 1 atom stereocenters. The van der Waals surface area contributed by atoms with Crippen molar-refractivity contribution in [3.63, 3.8) is 0 Å². The van der Waals surface area contributed by atoms with Crippen molar-refractivity contribution in [3.05, 3.63) is 0 Å². The Morgan fingerprint density at radius 1 is 1.44 bits per heavy atom. The van der Waals surface area contributed by atoms with Crippen LogP contribution in [0.3, 0.4) is 0 Å². The van der Waals surface area contributed by atoms with Gasteiger partial charge in [0.25, 0.3) is 0 Å². The lowest BCUT2D eigenvalue weighted by Gasteiger charge is -2.29. The fourth-order valence-electron chi connectivity index (χ4n) is 1.94. The highest BCUT2D eigenvalue weighted by Crippen LogP contribution is 2.19. The largest absolute Gasteiger partial charge is 0.468 e. The highest BCUT2D eigenvalue weighted by molar-refractivity contribution is 5.76. The fourth-order valence-corrected chi connectivity index (χ4v) is 1.94. The molecule has 94 valence electrons. The molecule has 5 heteroatoms. The molecule has 1 aliphatic rings. The number of ether oxygens (including phenoxy) is 3. The van der Waals surface area contributed by atoms with Crippen molar-refractivity contribution in [2.45, 2.75) is 18.9 Å². The fraction of sp³-hybridized carbons (Fsp3) is 0.909. The van der Waals surface area contributed by atoms with Crippen LogP contribution >= 0.6 is 0 Å². The number of esters is 1. The zero-order valence-electron chi connectivity index (χ0n) is 10.0. The lowest BCUT2D eigenvalue weighted by molar-refractivity contribution is -0.145. The maximum atomic E-state index is 11.6. The summed E-state index contributed by atoms with van der Waals surface area (Å²) in [5.74, 6) is 0.112. The van der Waals surface area contributed by atoms with Crippen molar-refractivity contribution < 1.29 is 19.0 Å². The Balaban J connectivity index is 2.44. The molecule has 0 amide bonds. The lowest BCUT2D eigenvalue weighted by Crippen LogP contribution is -2.46. The van der Waals surface area contributed by atoms with Crippen molar-refractivity contribution in [1.82, 2.24) is 5.32 Å². The summed E-state index contributed by atoms with van der Waals surface area (Å²) in [4.78, 5) is 11.6. The molecule has 1 N–H and O–H groups in total. The first-order valence-electron chi connectivity index (χ1n) is 5.67. The zero-order chi connectivity index (χ0) is 11.8. The summed E-state index contributed by atoms with van der Waals surface area (Å²) < 4.78 is 15.1. The first-order chi connectivity index (χ1) is 7.79. The molecule has 5 nitrogen and oxygen atoms in total. The minimum Gasteiger partial charge on any atom is -0.468 e. The number of methoxy groups -OCH3 is 2. The van der Waals surface area contributed by atoms with Gasteiger partial charge in [0.15, 0.2) is 0 Å². The van der Waals surface area contributed by atoms with Gasteiger partial charge in [0, 0.05) is 26.9 Å². The molecule has 1 heterocycles. The summed E-state index contributed by atoms with van der Waals surface area (Å²) in [6.45, 7) is 2.71. The molecule has 0 aromatic heterocycles. The third-order valence-corrected chi connectivity index (χ3v) is 2.86. The summed E-state index contributed by atoms with van der Waals surface area (Å²) in [5.41, 5.74) is 0. The van der Waals surface area contributed by atoms with Crippen LogP contribution in [0.2, 0.25) is 0 Å². The molecular weight excluding hydrogens is 210 g/mol. The topological polar surface area (TPSA) is 56.8 Å². The molecule has 1 fully saturated rings. The second-order valence-corrected chi connectivity index (χ2v) is 3.90. The van der Waals surface area contributed by atoms with Gasteiger partial charge in [0.05, 0.1) is 13.7 Å². The zero-order valence-corrected chi connectivity index (χ0v) is 10.0. The van der Waals surface area contributed by atoms with Gasteiger partial charge in [-0.1, -0.05) is 0 Å². The van der Waals surface area contributed by atoms with Crippen molar-refractivity contribution >= 4 is 5.97 Å². The van der Waals surface area contributed by atoms with Gasteiger partial charge in [-0.15, -0.1) is 0 Å². The third-order valence-electron chi connectivity index (χ3n) is 2.86. The summed E-state index contributed by atoms with van der Waals surface area (Å²) in [5, 5.41) is 3.19. The summed E-state index contributed by atoms with van der Waals surface area (Å²) in [7, 11) is 3.07. The minimum atomic E-state index is -0.232. The Bertz CT molecular complexity index is 204. The second kappa shape index (κ2) is 7.60. The van der Waals surface area contributed by atoms with Crippen LogP contribution in [0.25, 0.3) is 0 Å². The van der Waals surface area contributed by atoms with Gasteiger partial charge in [0.2, 0.25) is 0 Å². The summed E-state index contributed by atoms with van der Waals surface area (Å²) in [6.07, 6.45) is 1.81. The predicted molar refractivity (Wildman–Crippen MR) is 59.2 cm³/mol. The Morgan fingerprint density at radius 2 is 2.12 bits per heavy atom. The van der Waals surface area contributed by atoms with E-state index in [1.54, 1.807) is 7.11 Å². The molecule has 16 heavy (non-hydrogen) atoms. The highest BCUT2D eigenvalue weighted by Gasteiger charge is 2.29. The van der Waals surface area contributed by atoms with Crippen molar-refractivity contribution in [3.8, 4) is 0 Å². The average Bonchev–Trinajstić information content (AvgIpc) is 2.35. The number of hydrogen-bond acceptors (Lipinski definition) is 5. The van der Waals surface area contributed by atoms with Gasteiger partial charge >= 0.3 is 5.97 Å². The standard InChI is InChI=1S/C11H21NO4/c1-14-8-5-12-10(11(13)15-2)9-3-6-16-7-4-9/h9-10,12H,3-8H2,1-2H3. The Kier molecular flexibility index (Phi) is 6.37. The lowest BCUT2D eigenvalue weighted by atomic mass is 9.92. The van der Waals surface area contributed by atoms with Crippen LogP contribution in [-0.4, -0.2) is 52.6 Å². The van der Waals surface area contributed by atoms with Crippen LogP contribution in [-0.2, 0) is 19.0 Å². The Labute approximate surface area is 96.4 Å². The van der Waals surface area contributed by atoms with E-state index in [2.05, 4.69) is 5.32 Å². The molecule has 0 bridgehead atoms. The molecular formula is C11H21NO4. The number of carbonyl (C=O) groups excluding carboxylic acids is 1. The molecule has 0 aromatic rings. The van der Waals surface area contributed by atoms with E-state index in [4.69, 9.17) is 14.2 Å². The van der Waals surface area contributed by atoms with E-state index in [1.807, 2.05) is 0 Å². The van der Waals surface area contributed by atoms with E-state index >= 15 is 0 Å². The first kappa shape index (κ1) is 13.4. The van der Waals surface area contributed by atoms with Gasteiger partial charge in [-0.05, 0) is 18.8 Å². The highest BCUT2D eigenvalue weighted by atomic mass is 16.5. The van der Waals surface area contributed by atoms with Gasteiger partial charge in [-0.2, -0.15) is 0 Å². The predicted octanol–water partition coefficient (Wildman–Crippen LogP) is 0.191. The van der Waals surface area contributed by atoms with Gasteiger partial charge in [-0.3, -0.25) is 4.79 Å². The van der Waals surface area contributed by atoms with Crippen LogP contribution < -0.4 is 5.32 Å². The number of nitrogens with one attached hydrogen (secondary N) is 1. The van der Waals surface area contributed by atoms with E-state index in [9.17, 15) is 4.79 Å². The molecule has 1 rings (SSSR count). The molecule has 0 radical (unpaired) electrons. The quantitative estimate of drug-likeness (QED) is 0.522. The Hall–Kier alpha value is -0.650. The molecule has 1 saturated heterocycles. The average molecular weight is 231 g/mol.